The fourth-order valence-corrected chi connectivity index (χ4v) is 5.20. The first-order valence-corrected chi connectivity index (χ1v) is 12.1. The quantitative estimate of drug-likeness (QED) is 0.553. The average Bonchev–Trinajstić information content (AvgIpc) is 3.22. The molecule has 3 aromatic rings. The highest BCUT2D eigenvalue weighted by Crippen LogP contribution is 2.30. The number of carbonyl (C=O) groups excluding carboxylic acids is 1. The van der Waals surface area contributed by atoms with Crippen molar-refractivity contribution in [3.8, 4) is 0 Å². The Hall–Kier alpha value is -2.64. The number of rotatable bonds is 8. The molecule has 7 heteroatoms. The number of carbonyl (C=O) groups is 1. The van der Waals surface area contributed by atoms with Gasteiger partial charge in [0.15, 0.2) is 0 Å². The van der Waals surface area contributed by atoms with Gasteiger partial charge in [0.1, 0.15) is 4.88 Å². The number of hydrogen-bond acceptors (Lipinski definition) is 4. The first-order chi connectivity index (χ1) is 14.3. The second kappa shape index (κ2) is 9.45. The van der Waals surface area contributed by atoms with Crippen LogP contribution in [0.4, 0.5) is 5.69 Å². The molecule has 0 aliphatic heterocycles. The van der Waals surface area contributed by atoms with Gasteiger partial charge in [0.25, 0.3) is 15.9 Å². The van der Waals surface area contributed by atoms with Gasteiger partial charge in [-0.2, -0.15) is 0 Å². The van der Waals surface area contributed by atoms with Gasteiger partial charge >= 0.3 is 0 Å². The van der Waals surface area contributed by atoms with Gasteiger partial charge in [0, 0.05) is 13.1 Å². The average molecular weight is 443 g/mol. The number of benzene rings is 2. The van der Waals surface area contributed by atoms with Crippen LogP contribution in [0.2, 0.25) is 0 Å². The summed E-state index contributed by atoms with van der Waals surface area (Å²) < 4.78 is 27.2. The molecule has 1 N–H and O–H groups in total. The molecule has 1 amide bonds. The predicted molar refractivity (Wildman–Crippen MR) is 123 cm³/mol. The van der Waals surface area contributed by atoms with E-state index >= 15 is 0 Å². The minimum atomic E-state index is -3.75. The van der Waals surface area contributed by atoms with Gasteiger partial charge in [0.05, 0.1) is 10.6 Å². The highest BCUT2D eigenvalue weighted by atomic mass is 32.2. The van der Waals surface area contributed by atoms with E-state index in [9.17, 15) is 13.2 Å². The Kier molecular flexibility index (Phi) is 6.95. The third-order valence-corrected chi connectivity index (χ3v) is 7.64. The third kappa shape index (κ3) is 5.09. The van der Waals surface area contributed by atoms with Crippen molar-refractivity contribution in [1.82, 2.24) is 5.32 Å². The molecule has 2 aromatic carbocycles. The normalized spacial score (nSPS) is 12.4. The Morgan fingerprint density at radius 3 is 2.40 bits per heavy atom. The number of amides is 1. The SMILES string of the molecule is Cc1ccc(S(=O)(=O)N(C)c2ccsc2C(=O)NC(C)CCc2ccccc2)cc1. The van der Waals surface area contributed by atoms with Crippen LogP contribution < -0.4 is 9.62 Å². The molecule has 0 fully saturated rings. The van der Waals surface area contributed by atoms with Crippen molar-refractivity contribution in [2.45, 2.75) is 37.6 Å². The lowest BCUT2D eigenvalue weighted by Gasteiger charge is -2.20. The zero-order valence-corrected chi connectivity index (χ0v) is 19.0. The van der Waals surface area contributed by atoms with Crippen molar-refractivity contribution >= 4 is 33.0 Å². The zero-order chi connectivity index (χ0) is 21.7. The molecule has 5 nitrogen and oxygen atoms in total. The van der Waals surface area contributed by atoms with Crippen molar-refractivity contribution in [3.05, 3.63) is 82.0 Å². The fraction of sp³-hybridized carbons (Fsp3) is 0.261. The van der Waals surface area contributed by atoms with Crippen molar-refractivity contribution in [1.29, 1.82) is 0 Å². The Morgan fingerprint density at radius 1 is 1.07 bits per heavy atom. The van der Waals surface area contributed by atoms with Gasteiger partial charge in [-0.3, -0.25) is 9.10 Å². The standard InChI is InChI=1S/C23H26N2O3S2/c1-17-9-13-20(14-10-17)30(27,28)25(3)21-15-16-29-22(21)23(26)24-18(2)11-12-19-7-5-4-6-8-19/h4-10,13-16,18H,11-12H2,1-3H3,(H,24,26). The predicted octanol–water partition coefficient (Wildman–Crippen LogP) is 4.63. The summed E-state index contributed by atoms with van der Waals surface area (Å²) in [4.78, 5) is 13.4. The molecule has 1 unspecified atom stereocenters. The molecule has 1 atom stereocenters. The molecule has 0 bridgehead atoms. The van der Waals surface area contributed by atoms with E-state index in [-0.39, 0.29) is 16.8 Å². The molecule has 0 spiro atoms. The number of thiophene rings is 1. The number of anilines is 1. The summed E-state index contributed by atoms with van der Waals surface area (Å²) in [5, 5.41) is 4.73. The van der Waals surface area contributed by atoms with Gasteiger partial charge in [-0.25, -0.2) is 8.42 Å². The molecule has 0 saturated carbocycles. The van der Waals surface area contributed by atoms with E-state index in [2.05, 4.69) is 17.4 Å². The second-order valence-corrected chi connectivity index (χ2v) is 10.2. The Labute approximate surface area is 182 Å². The highest BCUT2D eigenvalue weighted by Gasteiger charge is 2.26. The largest absolute Gasteiger partial charge is 0.349 e. The van der Waals surface area contributed by atoms with E-state index in [0.717, 1.165) is 18.4 Å². The van der Waals surface area contributed by atoms with E-state index in [4.69, 9.17) is 0 Å². The molecule has 0 saturated heterocycles. The summed E-state index contributed by atoms with van der Waals surface area (Å²) in [5.74, 6) is -0.258. The Bertz CT molecular complexity index is 1090. The molecular formula is C23H26N2O3S2. The van der Waals surface area contributed by atoms with Crippen LogP contribution in [0, 0.1) is 6.92 Å². The maximum Gasteiger partial charge on any atom is 0.264 e. The lowest BCUT2D eigenvalue weighted by molar-refractivity contribution is 0.0943. The molecule has 158 valence electrons. The molecule has 0 radical (unpaired) electrons. The van der Waals surface area contributed by atoms with Crippen molar-refractivity contribution in [2.24, 2.45) is 0 Å². The topological polar surface area (TPSA) is 66.5 Å². The van der Waals surface area contributed by atoms with Gasteiger partial charge < -0.3 is 5.32 Å². The number of aryl methyl sites for hydroxylation is 2. The molecule has 1 aromatic heterocycles. The molecule has 1 heterocycles. The van der Waals surface area contributed by atoms with Crippen LogP contribution in [-0.4, -0.2) is 27.4 Å². The smallest absolute Gasteiger partial charge is 0.264 e. The lowest BCUT2D eigenvalue weighted by atomic mass is 10.1. The van der Waals surface area contributed by atoms with Gasteiger partial charge in [-0.05, 0) is 55.8 Å². The maximum absolute atomic E-state index is 13.0. The summed E-state index contributed by atoms with van der Waals surface area (Å²) >= 11 is 1.24. The van der Waals surface area contributed by atoms with Crippen molar-refractivity contribution < 1.29 is 13.2 Å². The van der Waals surface area contributed by atoms with Crippen LogP contribution in [0.15, 0.2) is 70.9 Å². The van der Waals surface area contributed by atoms with Gasteiger partial charge in [0.2, 0.25) is 0 Å². The summed E-state index contributed by atoms with van der Waals surface area (Å²) in [5.41, 5.74) is 2.59. The van der Waals surface area contributed by atoms with E-state index in [0.29, 0.717) is 10.6 Å². The summed E-state index contributed by atoms with van der Waals surface area (Å²) in [6.07, 6.45) is 1.66. The highest BCUT2D eigenvalue weighted by molar-refractivity contribution is 7.92. The van der Waals surface area contributed by atoms with Gasteiger partial charge in [-0.1, -0.05) is 48.0 Å². The number of hydrogen-bond donors (Lipinski definition) is 1. The lowest BCUT2D eigenvalue weighted by Crippen LogP contribution is -2.34. The third-order valence-electron chi connectivity index (χ3n) is 4.96. The second-order valence-electron chi connectivity index (χ2n) is 7.32. The fourth-order valence-electron chi connectivity index (χ4n) is 3.11. The van der Waals surface area contributed by atoms with Crippen LogP contribution in [0.25, 0.3) is 0 Å². The minimum absolute atomic E-state index is 0.0355. The molecule has 0 aliphatic carbocycles. The van der Waals surface area contributed by atoms with E-state index < -0.39 is 10.0 Å². The number of nitrogens with zero attached hydrogens (tertiary/aromatic N) is 1. The van der Waals surface area contributed by atoms with Crippen molar-refractivity contribution in [3.63, 3.8) is 0 Å². The monoisotopic (exact) mass is 442 g/mol. The Balaban J connectivity index is 1.70. The van der Waals surface area contributed by atoms with Crippen LogP contribution in [0.5, 0.6) is 0 Å². The van der Waals surface area contributed by atoms with Crippen LogP contribution in [0.3, 0.4) is 0 Å². The first-order valence-electron chi connectivity index (χ1n) is 9.77. The van der Waals surface area contributed by atoms with Gasteiger partial charge in [-0.15, -0.1) is 11.3 Å². The van der Waals surface area contributed by atoms with Crippen LogP contribution in [-0.2, 0) is 16.4 Å². The number of sulfonamides is 1. The summed E-state index contributed by atoms with van der Waals surface area (Å²) in [7, 11) is -2.27. The summed E-state index contributed by atoms with van der Waals surface area (Å²) in [6, 6.07) is 18.4. The molecule has 0 aliphatic rings. The van der Waals surface area contributed by atoms with E-state index in [1.165, 1.54) is 28.3 Å². The van der Waals surface area contributed by atoms with Crippen LogP contribution in [0.1, 0.15) is 34.1 Å². The molecular weight excluding hydrogens is 416 g/mol. The van der Waals surface area contributed by atoms with E-state index in [1.54, 1.807) is 35.7 Å². The first kappa shape index (κ1) is 22.1. The maximum atomic E-state index is 13.0. The molecule has 3 rings (SSSR count). The Morgan fingerprint density at radius 2 is 1.73 bits per heavy atom. The summed E-state index contributed by atoms with van der Waals surface area (Å²) in [6.45, 7) is 3.86. The number of nitrogens with one attached hydrogen (secondary N) is 1. The minimum Gasteiger partial charge on any atom is -0.349 e. The van der Waals surface area contributed by atoms with E-state index in [1.807, 2.05) is 32.0 Å². The molecule has 30 heavy (non-hydrogen) atoms. The zero-order valence-electron chi connectivity index (χ0n) is 17.3. The van der Waals surface area contributed by atoms with Crippen LogP contribution >= 0.6 is 11.3 Å². The van der Waals surface area contributed by atoms with Crippen molar-refractivity contribution in [2.75, 3.05) is 11.4 Å².